The van der Waals surface area contributed by atoms with Crippen LogP contribution in [0.25, 0.3) is 5.69 Å². The summed E-state index contributed by atoms with van der Waals surface area (Å²) in [6.45, 7) is 6.55. The standard InChI is InChI=1S/C19H24Cl2N4O/c1-12-16(9-19(26)24-7-6-14(11-24)10-22-3)13(2)25(23-12)15-4-5-17(20)18(21)8-15/h4-5,8,14,22H,6-7,9-11H2,1-3H3/t14-/m1/s1. The molecule has 1 aliphatic heterocycles. The predicted molar refractivity (Wildman–Crippen MR) is 105 cm³/mol. The van der Waals surface area contributed by atoms with Gasteiger partial charge in [0.25, 0.3) is 0 Å². The van der Waals surface area contributed by atoms with Gasteiger partial charge in [-0.15, -0.1) is 0 Å². The molecule has 1 aliphatic rings. The first kappa shape index (κ1) is 19.2. The minimum absolute atomic E-state index is 0.170. The van der Waals surface area contributed by atoms with Crippen LogP contribution < -0.4 is 5.32 Å². The highest BCUT2D eigenvalue weighted by atomic mass is 35.5. The Bertz CT molecular complexity index is 818. The Labute approximate surface area is 164 Å². The summed E-state index contributed by atoms with van der Waals surface area (Å²) in [6, 6.07) is 5.42. The van der Waals surface area contributed by atoms with Crippen molar-refractivity contribution >= 4 is 29.1 Å². The number of benzene rings is 1. The molecular formula is C19H24Cl2N4O. The molecule has 0 bridgehead atoms. The summed E-state index contributed by atoms with van der Waals surface area (Å²) < 4.78 is 1.83. The lowest BCUT2D eigenvalue weighted by atomic mass is 10.1. The van der Waals surface area contributed by atoms with Crippen molar-refractivity contribution in [1.29, 1.82) is 0 Å². The van der Waals surface area contributed by atoms with Gasteiger partial charge >= 0.3 is 0 Å². The van der Waals surface area contributed by atoms with Gasteiger partial charge < -0.3 is 10.2 Å². The van der Waals surface area contributed by atoms with Crippen LogP contribution in [0.3, 0.4) is 0 Å². The summed E-state index contributed by atoms with van der Waals surface area (Å²) in [6.07, 6.45) is 1.44. The highest BCUT2D eigenvalue weighted by Gasteiger charge is 2.27. The first-order valence-corrected chi connectivity index (χ1v) is 9.59. The lowest BCUT2D eigenvalue weighted by Gasteiger charge is -2.17. The van der Waals surface area contributed by atoms with Gasteiger partial charge in [-0.2, -0.15) is 5.10 Å². The Morgan fingerprint density at radius 2 is 2.08 bits per heavy atom. The van der Waals surface area contributed by atoms with Crippen LogP contribution in [0.5, 0.6) is 0 Å². The average molecular weight is 395 g/mol. The number of halogens is 2. The van der Waals surface area contributed by atoms with Gasteiger partial charge in [-0.3, -0.25) is 4.79 Å². The second kappa shape index (κ2) is 7.99. The molecule has 1 aromatic heterocycles. The molecule has 1 saturated heterocycles. The number of carbonyl (C=O) groups is 1. The molecule has 0 radical (unpaired) electrons. The van der Waals surface area contributed by atoms with Crippen LogP contribution in [-0.2, 0) is 11.2 Å². The molecule has 0 aliphatic carbocycles. The van der Waals surface area contributed by atoms with Gasteiger partial charge in [0.2, 0.25) is 5.91 Å². The fourth-order valence-corrected chi connectivity index (χ4v) is 3.87. The number of carbonyl (C=O) groups excluding carboxylic acids is 1. The van der Waals surface area contributed by atoms with Crippen LogP contribution in [0.1, 0.15) is 23.4 Å². The number of rotatable bonds is 5. The quantitative estimate of drug-likeness (QED) is 0.844. The van der Waals surface area contributed by atoms with E-state index in [1.165, 1.54) is 0 Å². The molecule has 1 amide bonds. The molecule has 1 atom stereocenters. The van der Waals surface area contributed by atoms with Gasteiger partial charge in [-0.25, -0.2) is 4.68 Å². The van der Waals surface area contributed by atoms with Crippen molar-refractivity contribution in [1.82, 2.24) is 20.0 Å². The Morgan fingerprint density at radius 1 is 1.31 bits per heavy atom. The first-order chi connectivity index (χ1) is 12.4. The number of nitrogens with one attached hydrogen (secondary N) is 1. The van der Waals surface area contributed by atoms with E-state index in [1.807, 2.05) is 36.5 Å². The van der Waals surface area contributed by atoms with Crippen molar-refractivity contribution in [3.8, 4) is 5.69 Å². The third-order valence-electron chi connectivity index (χ3n) is 5.05. The molecule has 5 nitrogen and oxygen atoms in total. The monoisotopic (exact) mass is 394 g/mol. The van der Waals surface area contributed by atoms with Crippen LogP contribution in [-0.4, -0.2) is 47.3 Å². The molecule has 1 aromatic carbocycles. The van der Waals surface area contributed by atoms with E-state index in [1.54, 1.807) is 12.1 Å². The summed E-state index contributed by atoms with van der Waals surface area (Å²) in [7, 11) is 1.95. The third kappa shape index (κ3) is 3.90. The molecule has 3 rings (SSSR count). The Hall–Kier alpha value is -1.56. The molecule has 2 aromatic rings. The van der Waals surface area contributed by atoms with Crippen LogP contribution in [0.4, 0.5) is 0 Å². The minimum atomic E-state index is 0.170. The maximum atomic E-state index is 12.7. The van der Waals surface area contributed by atoms with E-state index in [4.69, 9.17) is 23.2 Å². The summed E-state index contributed by atoms with van der Waals surface area (Å²) in [5.74, 6) is 0.716. The smallest absolute Gasteiger partial charge is 0.227 e. The van der Waals surface area contributed by atoms with Crippen molar-refractivity contribution < 1.29 is 4.79 Å². The van der Waals surface area contributed by atoms with Crippen LogP contribution >= 0.6 is 23.2 Å². The SMILES string of the molecule is CNC[C@H]1CCN(C(=O)Cc2c(C)nn(-c3ccc(Cl)c(Cl)c3)c2C)C1. The molecule has 2 heterocycles. The van der Waals surface area contributed by atoms with Crippen molar-refractivity contribution in [3.05, 3.63) is 45.2 Å². The van der Waals surface area contributed by atoms with Crippen LogP contribution in [0.2, 0.25) is 10.0 Å². The van der Waals surface area contributed by atoms with Crippen molar-refractivity contribution in [2.45, 2.75) is 26.7 Å². The Morgan fingerprint density at radius 3 is 2.77 bits per heavy atom. The molecule has 0 saturated carbocycles. The van der Waals surface area contributed by atoms with Gasteiger partial charge in [0.05, 0.1) is 27.8 Å². The first-order valence-electron chi connectivity index (χ1n) is 8.83. The summed E-state index contributed by atoms with van der Waals surface area (Å²) >= 11 is 12.1. The van der Waals surface area contributed by atoms with Crippen molar-refractivity contribution in [2.75, 3.05) is 26.7 Å². The second-order valence-electron chi connectivity index (χ2n) is 6.89. The van der Waals surface area contributed by atoms with E-state index in [-0.39, 0.29) is 5.91 Å². The maximum Gasteiger partial charge on any atom is 0.227 e. The summed E-state index contributed by atoms with van der Waals surface area (Å²) in [5.41, 5.74) is 3.65. The van der Waals surface area contributed by atoms with Crippen LogP contribution in [0, 0.1) is 19.8 Å². The van der Waals surface area contributed by atoms with E-state index >= 15 is 0 Å². The molecular weight excluding hydrogens is 371 g/mol. The van der Waals surface area contributed by atoms with Crippen molar-refractivity contribution in [3.63, 3.8) is 0 Å². The number of hydrogen-bond acceptors (Lipinski definition) is 3. The summed E-state index contributed by atoms with van der Waals surface area (Å²) in [5, 5.41) is 8.80. The van der Waals surface area contributed by atoms with Gasteiger partial charge in [-0.05, 0) is 58.0 Å². The lowest BCUT2D eigenvalue weighted by molar-refractivity contribution is -0.129. The minimum Gasteiger partial charge on any atom is -0.342 e. The van der Waals surface area contributed by atoms with Gasteiger partial charge in [0, 0.05) is 24.3 Å². The molecule has 1 N–H and O–H groups in total. The van der Waals surface area contributed by atoms with E-state index in [9.17, 15) is 4.79 Å². The topological polar surface area (TPSA) is 50.2 Å². The Balaban J connectivity index is 1.78. The maximum absolute atomic E-state index is 12.7. The van der Waals surface area contributed by atoms with E-state index in [0.717, 1.165) is 48.7 Å². The fourth-order valence-electron chi connectivity index (χ4n) is 3.58. The molecule has 1 fully saturated rings. The largest absolute Gasteiger partial charge is 0.342 e. The van der Waals surface area contributed by atoms with Gasteiger partial charge in [-0.1, -0.05) is 23.2 Å². The number of aromatic nitrogens is 2. The molecule has 26 heavy (non-hydrogen) atoms. The van der Waals surface area contributed by atoms with Crippen molar-refractivity contribution in [2.24, 2.45) is 5.92 Å². The highest BCUT2D eigenvalue weighted by Crippen LogP contribution is 2.27. The number of likely N-dealkylation sites (tertiary alicyclic amines) is 1. The highest BCUT2D eigenvalue weighted by molar-refractivity contribution is 6.42. The van der Waals surface area contributed by atoms with E-state index in [0.29, 0.717) is 22.4 Å². The van der Waals surface area contributed by atoms with Gasteiger partial charge in [0.1, 0.15) is 0 Å². The number of hydrogen-bond donors (Lipinski definition) is 1. The number of nitrogens with zero attached hydrogens (tertiary/aromatic N) is 3. The van der Waals surface area contributed by atoms with Crippen LogP contribution in [0.15, 0.2) is 18.2 Å². The second-order valence-corrected chi connectivity index (χ2v) is 7.70. The van der Waals surface area contributed by atoms with Gasteiger partial charge in [0.15, 0.2) is 0 Å². The zero-order valence-electron chi connectivity index (χ0n) is 15.4. The molecule has 7 heteroatoms. The molecule has 0 unspecified atom stereocenters. The summed E-state index contributed by atoms with van der Waals surface area (Å²) in [4.78, 5) is 14.7. The third-order valence-corrected chi connectivity index (χ3v) is 5.79. The fraction of sp³-hybridized carbons (Fsp3) is 0.474. The average Bonchev–Trinajstić information content (AvgIpc) is 3.18. The zero-order chi connectivity index (χ0) is 18.8. The number of aryl methyl sites for hydroxylation is 1. The number of amides is 1. The predicted octanol–water partition coefficient (Wildman–Crippen LogP) is 3.41. The molecule has 0 spiro atoms. The molecule has 140 valence electrons. The van der Waals surface area contributed by atoms with E-state index in [2.05, 4.69) is 10.4 Å². The Kier molecular flexibility index (Phi) is 5.90. The lowest BCUT2D eigenvalue weighted by Crippen LogP contribution is -2.31. The normalized spacial score (nSPS) is 17.1. The zero-order valence-corrected chi connectivity index (χ0v) is 16.9. The van der Waals surface area contributed by atoms with E-state index < -0.39 is 0 Å².